The first-order valence-electron chi connectivity index (χ1n) is 5.46. The highest BCUT2D eigenvalue weighted by atomic mass is 16.3. The van der Waals surface area contributed by atoms with E-state index < -0.39 is 0 Å². The standard InChI is InChI=1S/C11H20N2O/c1-13-8-10(14)7-11(9-12)5-3-2-4-6-11/h10,13-14H,2-8H2,1H3/t10-/m0/s1. The third-order valence-electron chi connectivity index (χ3n) is 3.11. The first-order chi connectivity index (χ1) is 6.72. The van der Waals surface area contributed by atoms with Gasteiger partial charge in [-0.15, -0.1) is 0 Å². The van der Waals surface area contributed by atoms with Crippen LogP contribution in [0.2, 0.25) is 0 Å². The zero-order valence-electron chi connectivity index (χ0n) is 8.92. The van der Waals surface area contributed by atoms with Crippen LogP contribution in [0.3, 0.4) is 0 Å². The van der Waals surface area contributed by atoms with Gasteiger partial charge in [-0.2, -0.15) is 5.26 Å². The number of hydrogen-bond donors (Lipinski definition) is 2. The minimum absolute atomic E-state index is 0.242. The molecular weight excluding hydrogens is 176 g/mol. The van der Waals surface area contributed by atoms with Crippen LogP contribution in [-0.2, 0) is 0 Å². The van der Waals surface area contributed by atoms with E-state index in [2.05, 4.69) is 11.4 Å². The number of rotatable bonds is 4. The summed E-state index contributed by atoms with van der Waals surface area (Å²) in [6.07, 6.45) is 5.70. The summed E-state index contributed by atoms with van der Waals surface area (Å²) in [6.45, 7) is 0.587. The molecule has 0 aromatic carbocycles. The Kier molecular flexibility index (Phi) is 4.37. The lowest BCUT2D eigenvalue weighted by atomic mass is 9.72. The Labute approximate surface area is 86.1 Å². The smallest absolute Gasteiger partial charge is 0.0690 e. The molecular formula is C11H20N2O. The molecule has 1 rings (SSSR count). The Balaban J connectivity index is 2.48. The van der Waals surface area contributed by atoms with Crippen molar-refractivity contribution in [1.82, 2.24) is 5.32 Å². The molecule has 0 radical (unpaired) electrons. The van der Waals surface area contributed by atoms with Gasteiger partial charge < -0.3 is 10.4 Å². The lowest BCUT2D eigenvalue weighted by Crippen LogP contribution is -2.32. The fourth-order valence-corrected chi connectivity index (χ4v) is 2.35. The average molecular weight is 196 g/mol. The molecule has 0 aromatic heterocycles. The molecule has 80 valence electrons. The van der Waals surface area contributed by atoms with Gasteiger partial charge in [-0.05, 0) is 26.3 Å². The maximum Gasteiger partial charge on any atom is 0.0690 e. The van der Waals surface area contributed by atoms with Gasteiger partial charge in [0, 0.05) is 6.54 Å². The summed E-state index contributed by atoms with van der Waals surface area (Å²) >= 11 is 0. The average Bonchev–Trinajstić information content (AvgIpc) is 2.19. The Morgan fingerprint density at radius 1 is 1.43 bits per heavy atom. The first kappa shape index (κ1) is 11.5. The maximum atomic E-state index is 9.68. The molecule has 14 heavy (non-hydrogen) atoms. The fraction of sp³-hybridized carbons (Fsp3) is 0.909. The van der Waals surface area contributed by atoms with Crippen molar-refractivity contribution in [3.8, 4) is 6.07 Å². The van der Waals surface area contributed by atoms with E-state index >= 15 is 0 Å². The monoisotopic (exact) mass is 196 g/mol. The van der Waals surface area contributed by atoms with Gasteiger partial charge >= 0.3 is 0 Å². The topological polar surface area (TPSA) is 56.0 Å². The van der Waals surface area contributed by atoms with Gasteiger partial charge in [-0.1, -0.05) is 19.3 Å². The normalized spacial score (nSPS) is 22.6. The van der Waals surface area contributed by atoms with Crippen LogP contribution in [0, 0.1) is 16.7 Å². The van der Waals surface area contributed by atoms with Crippen molar-refractivity contribution in [2.75, 3.05) is 13.6 Å². The van der Waals surface area contributed by atoms with Gasteiger partial charge in [0.05, 0.1) is 17.6 Å². The molecule has 0 heterocycles. The molecule has 1 aliphatic carbocycles. The van der Waals surface area contributed by atoms with Crippen LogP contribution in [0.15, 0.2) is 0 Å². The van der Waals surface area contributed by atoms with E-state index in [1.807, 2.05) is 7.05 Å². The number of aliphatic hydroxyl groups is 1. The van der Waals surface area contributed by atoms with Crippen molar-refractivity contribution in [3.05, 3.63) is 0 Å². The van der Waals surface area contributed by atoms with Crippen LogP contribution in [0.25, 0.3) is 0 Å². The zero-order valence-corrected chi connectivity index (χ0v) is 8.92. The largest absolute Gasteiger partial charge is 0.392 e. The number of nitrogens with zero attached hydrogens (tertiary/aromatic N) is 1. The highest BCUT2D eigenvalue weighted by Crippen LogP contribution is 2.39. The summed E-state index contributed by atoms with van der Waals surface area (Å²) in [5, 5.41) is 21.8. The lowest BCUT2D eigenvalue weighted by molar-refractivity contribution is 0.102. The van der Waals surface area contributed by atoms with Crippen molar-refractivity contribution in [2.45, 2.75) is 44.6 Å². The molecule has 2 N–H and O–H groups in total. The summed E-state index contributed by atoms with van der Waals surface area (Å²) in [5.41, 5.74) is -0.242. The van der Waals surface area contributed by atoms with Gasteiger partial charge in [0.1, 0.15) is 0 Å². The molecule has 0 spiro atoms. The maximum absolute atomic E-state index is 9.68. The predicted octanol–water partition coefficient (Wildman–Crippen LogP) is 1.43. The van der Waals surface area contributed by atoms with E-state index in [1.165, 1.54) is 6.42 Å². The van der Waals surface area contributed by atoms with Gasteiger partial charge in [0.2, 0.25) is 0 Å². The summed E-state index contributed by atoms with van der Waals surface area (Å²) in [4.78, 5) is 0. The second-order valence-corrected chi connectivity index (χ2v) is 4.37. The molecule has 1 atom stereocenters. The highest BCUT2D eigenvalue weighted by Gasteiger charge is 2.33. The molecule has 0 aliphatic heterocycles. The Hall–Kier alpha value is -0.590. The van der Waals surface area contributed by atoms with E-state index in [9.17, 15) is 10.4 Å². The predicted molar refractivity (Wildman–Crippen MR) is 55.7 cm³/mol. The highest BCUT2D eigenvalue weighted by molar-refractivity contribution is 5.01. The summed E-state index contributed by atoms with van der Waals surface area (Å²) in [7, 11) is 1.82. The number of hydrogen-bond acceptors (Lipinski definition) is 3. The van der Waals surface area contributed by atoms with Crippen molar-refractivity contribution in [3.63, 3.8) is 0 Å². The second kappa shape index (κ2) is 5.33. The Morgan fingerprint density at radius 3 is 2.57 bits per heavy atom. The zero-order chi connectivity index (χ0) is 10.4. The lowest BCUT2D eigenvalue weighted by Gasteiger charge is -2.32. The molecule has 0 saturated heterocycles. The second-order valence-electron chi connectivity index (χ2n) is 4.37. The molecule has 0 unspecified atom stereocenters. The molecule has 0 bridgehead atoms. The number of likely N-dealkylation sites (N-methyl/N-ethyl adjacent to an activating group) is 1. The van der Waals surface area contributed by atoms with Crippen LogP contribution in [0.4, 0.5) is 0 Å². The Morgan fingerprint density at radius 2 is 2.07 bits per heavy atom. The number of aliphatic hydroxyl groups excluding tert-OH is 1. The van der Waals surface area contributed by atoms with Crippen LogP contribution >= 0.6 is 0 Å². The molecule has 1 saturated carbocycles. The van der Waals surface area contributed by atoms with E-state index in [1.54, 1.807) is 0 Å². The minimum atomic E-state index is -0.377. The van der Waals surface area contributed by atoms with E-state index in [-0.39, 0.29) is 11.5 Å². The number of nitriles is 1. The molecule has 0 amide bonds. The van der Waals surface area contributed by atoms with Gasteiger partial charge in [-0.3, -0.25) is 0 Å². The van der Waals surface area contributed by atoms with Crippen LogP contribution < -0.4 is 5.32 Å². The van der Waals surface area contributed by atoms with Crippen molar-refractivity contribution in [2.24, 2.45) is 5.41 Å². The van der Waals surface area contributed by atoms with Crippen molar-refractivity contribution in [1.29, 1.82) is 5.26 Å². The summed E-state index contributed by atoms with van der Waals surface area (Å²) in [5.74, 6) is 0. The quantitative estimate of drug-likeness (QED) is 0.715. The summed E-state index contributed by atoms with van der Waals surface area (Å²) in [6, 6.07) is 2.42. The van der Waals surface area contributed by atoms with E-state index in [0.717, 1.165) is 25.7 Å². The van der Waals surface area contributed by atoms with Crippen LogP contribution in [0.5, 0.6) is 0 Å². The third kappa shape index (κ3) is 2.97. The SMILES string of the molecule is CNC[C@@H](O)CC1(C#N)CCCCC1. The third-order valence-corrected chi connectivity index (χ3v) is 3.11. The van der Waals surface area contributed by atoms with Crippen molar-refractivity contribution < 1.29 is 5.11 Å². The Bertz CT molecular complexity index is 204. The van der Waals surface area contributed by atoms with E-state index in [0.29, 0.717) is 13.0 Å². The van der Waals surface area contributed by atoms with Gasteiger partial charge in [0.15, 0.2) is 0 Å². The van der Waals surface area contributed by atoms with Gasteiger partial charge in [0.25, 0.3) is 0 Å². The molecule has 0 aromatic rings. The van der Waals surface area contributed by atoms with Crippen LogP contribution in [-0.4, -0.2) is 24.8 Å². The summed E-state index contributed by atoms with van der Waals surface area (Å²) < 4.78 is 0. The van der Waals surface area contributed by atoms with Gasteiger partial charge in [-0.25, -0.2) is 0 Å². The van der Waals surface area contributed by atoms with E-state index in [4.69, 9.17) is 0 Å². The first-order valence-corrected chi connectivity index (χ1v) is 5.46. The van der Waals surface area contributed by atoms with Crippen LogP contribution in [0.1, 0.15) is 38.5 Å². The minimum Gasteiger partial charge on any atom is -0.392 e. The molecule has 1 fully saturated rings. The number of nitrogens with one attached hydrogen (secondary N) is 1. The molecule has 1 aliphatic rings. The van der Waals surface area contributed by atoms with Crippen molar-refractivity contribution >= 4 is 0 Å². The molecule has 3 nitrogen and oxygen atoms in total. The fourth-order valence-electron chi connectivity index (χ4n) is 2.35. The molecule has 3 heteroatoms.